The summed E-state index contributed by atoms with van der Waals surface area (Å²) in [7, 11) is 0. The fraction of sp³-hybridized carbons (Fsp3) is 0.611. The maximum atomic E-state index is 11.6. The van der Waals surface area contributed by atoms with Gasteiger partial charge < -0.3 is 9.84 Å². The van der Waals surface area contributed by atoms with Crippen LogP contribution in [0.25, 0.3) is 0 Å². The summed E-state index contributed by atoms with van der Waals surface area (Å²) >= 11 is 0. The van der Waals surface area contributed by atoms with Gasteiger partial charge in [-0.1, -0.05) is 13.3 Å². The zero-order chi connectivity index (χ0) is 15.9. The number of Topliss-reactive ketones (excluding diaryl/α,β-unsaturated/α-hetero) is 1. The Hall–Kier alpha value is -1.39. The Morgan fingerprint density at radius 2 is 2.09 bits per heavy atom. The van der Waals surface area contributed by atoms with Crippen LogP contribution in [-0.4, -0.2) is 47.6 Å². The number of β-amino-alcohol motifs (C(OH)–C–C–N with tert-alkyl or cyclic N) is 1. The standard InChI is InChI=1S/C18H27NO3/c1-3-18(21)15-7-9-17(10-8-15)22-13-16(20)12-19-11-5-4-6-14(19)2/h7-10,14,16,20H,3-6,11-13H2,1-2H3/t14-,16+/m1/s1. The first kappa shape index (κ1) is 17.0. The van der Waals surface area contributed by atoms with Crippen molar-refractivity contribution >= 4 is 5.78 Å². The molecule has 0 unspecified atom stereocenters. The second kappa shape index (κ2) is 8.30. The Labute approximate surface area is 133 Å². The summed E-state index contributed by atoms with van der Waals surface area (Å²) in [6.07, 6.45) is 3.73. The average molecular weight is 305 g/mol. The molecule has 2 atom stereocenters. The fourth-order valence-electron chi connectivity index (χ4n) is 2.89. The van der Waals surface area contributed by atoms with E-state index in [1.165, 1.54) is 19.3 Å². The monoisotopic (exact) mass is 305 g/mol. The van der Waals surface area contributed by atoms with E-state index in [0.717, 1.165) is 6.54 Å². The van der Waals surface area contributed by atoms with Crippen molar-refractivity contribution in [3.63, 3.8) is 0 Å². The van der Waals surface area contributed by atoms with Gasteiger partial charge in [-0.25, -0.2) is 0 Å². The van der Waals surface area contributed by atoms with Gasteiger partial charge in [0.15, 0.2) is 5.78 Å². The van der Waals surface area contributed by atoms with Crippen molar-refractivity contribution in [2.45, 2.75) is 51.7 Å². The molecule has 2 rings (SSSR count). The average Bonchev–Trinajstić information content (AvgIpc) is 2.55. The molecule has 0 aliphatic carbocycles. The largest absolute Gasteiger partial charge is 0.491 e. The third kappa shape index (κ3) is 4.82. The number of piperidine rings is 1. The number of carbonyl (C=O) groups excluding carboxylic acids is 1. The number of ketones is 1. The molecule has 1 heterocycles. The van der Waals surface area contributed by atoms with E-state index < -0.39 is 6.10 Å². The van der Waals surface area contributed by atoms with Crippen molar-refractivity contribution < 1.29 is 14.6 Å². The van der Waals surface area contributed by atoms with Gasteiger partial charge in [0.2, 0.25) is 0 Å². The summed E-state index contributed by atoms with van der Waals surface area (Å²) in [5, 5.41) is 10.1. The van der Waals surface area contributed by atoms with E-state index in [-0.39, 0.29) is 12.4 Å². The van der Waals surface area contributed by atoms with Gasteiger partial charge in [-0.15, -0.1) is 0 Å². The Kier molecular flexibility index (Phi) is 6.40. The molecule has 0 amide bonds. The number of aliphatic hydroxyl groups excluding tert-OH is 1. The van der Waals surface area contributed by atoms with Crippen molar-refractivity contribution in [3.05, 3.63) is 29.8 Å². The first-order valence-electron chi connectivity index (χ1n) is 8.28. The Morgan fingerprint density at radius 3 is 2.73 bits per heavy atom. The smallest absolute Gasteiger partial charge is 0.162 e. The maximum absolute atomic E-state index is 11.6. The molecule has 1 aromatic carbocycles. The summed E-state index contributed by atoms with van der Waals surface area (Å²) in [6.45, 7) is 6.07. The minimum Gasteiger partial charge on any atom is -0.491 e. The van der Waals surface area contributed by atoms with E-state index in [4.69, 9.17) is 4.74 Å². The van der Waals surface area contributed by atoms with E-state index >= 15 is 0 Å². The highest BCUT2D eigenvalue weighted by atomic mass is 16.5. The number of hydrogen-bond acceptors (Lipinski definition) is 4. The van der Waals surface area contributed by atoms with E-state index in [9.17, 15) is 9.90 Å². The fourth-order valence-corrected chi connectivity index (χ4v) is 2.89. The van der Waals surface area contributed by atoms with Crippen LogP contribution in [-0.2, 0) is 0 Å². The van der Waals surface area contributed by atoms with Crippen LogP contribution in [0.1, 0.15) is 49.9 Å². The summed E-state index contributed by atoms with van der Waals surface area (Å²) in [4.78, 5) is 13.9. The molecule has 122 valence electrons. The first-order valence-corrected chi connectivity index (χ1v) is 8.28. The van der Waals surface area contributed by atoms with E-state index in [1.807, 2.05) is 6.92 Å². The number of nitrogens with zero attached hydrogens (tertiary/aromatic N) is 1. The van der Waals surface area contributed by atoms with Gasteiger partial charge in [-0.3, -0.25) is 9.69 Å². The molecule has 4 heteroatoms. The number of likely N-dealkylation sites (tertiary alicyclic amines) is 1. The molecule has 0 spiro atoms. The lowest BCUT2D eigenvalue weighted by Crippen LogP contribution is -2.43. The van der Waals surface area contributed by atoms with Gasteiger partial charge in [-0.05, 0) is 50.6 Å². The van der Waals surface area contributed by atoms with Crippen LogP contribution in [0, 0.1) is 0 Å². The number of hydrogen-bond donors (Lipinski definition) is 1. The molecular formula is C18H27NO3. The van der Waals surface area contributed by atoms with Gasteiger partial charge in [0.25, 0.3) is 0 Å². The van der Waals surface area contributed by atoms with Gasteiger partial charge in [0.1, 0.15) is 18.5 Å². The molecule has 1 aliphatic heterocycles. The predicted molar refractivity (Wildman–Crippen MR) is 87.5 cm³/mol. The highest BCUT2D eigenvalue weighted by molar-refractivity contribution is 5.95. The van der Waals surface area contributed by atoms with Crippen molar-refractivity contribution in [1.82, 2.24) is 4.90 Å². The highest BCUT2D eigenvalue weighted by Gasteiger charge is 2.20. The Balaban J connectivity index is 1.78. The zero-order valence-electron chi connectivity index (χ0n) is 13.6. The molecule has 1 N–H and O–H groups in total. The molecule has 0 radical (unpaired) electrons. The number of carbonyl (C=O) groups is 1. The first-order chi connectivity index (χ1) is 10.6. The third-order valence-corrected chi connectivity index (χ3v) is 4.33. The zero-order valence-corrected chi connectivity index (χ0v) is 13.6. The van der Waals surface area contributed by atoms with Crippen molar-refractivity contribution in [2.75, 3.05) is 19.7 Å². The molecule has 1 saturated heterocycles. The van der Waals surface area contributed by atoms with Gasteiger partial charge in [0.05, 0.1) is 0 Å². The van der Waals surface area contributed by atoms with E-state index in [0.29, 0.717) is 30.3 Å². The maximum Gasteiger partial charge on any atom is 0.162 e. The van der Waals surface area contributed by atoms with Gasteiger partial charge in [0, 0.05) is 24.6 Å². The number of benzene rings is 1. The number of aliphatic hydroxyl groups is 1. The van der Waals surface area contributed by atoms with E-state index in [2.05, 4.69) is 11.8 Å². The lowest BCUT2D eigenvalue weighted by Gasteiger charge is -2.34. The van der Waals surface area contributed by atoms with Crippen LogP contribution >= 0.6 is 0 Å². The lowest BCUT2D eigenvalue weighted by atomic mass is 10.0. The molecule has 0 aromatic heterocycles. The molecule has 1 aliphatic rings. The Morgan fingerprint density at radius 1 is 1.36 bits per heavy atom. The quantitative estimate of drug-likeness (QED) is 0.787. The van der Waals surface area contributed by atoms with Crippen molar-refractivity contribution in [1.29, 1.82) is 0 Å². The topological polar surface area (TPSA) is 49.8 Å². The number of rotatable bonds is 7. The second-order valence-corrected chi connectivity index (χ2v) is 6.11. The molecule has 0 bridgehead atoms. The van der Waals surface area contributed by atoms with Crippen LogP contribution in [0.5, 0.6) is 5.75 Å². The molecule has 4 nitrogen and oxygen atoms in total. The summed E-state index contributed by atoms with van der Waals surface area (Å²) in [6, 6.07) is 7.68. The molecular weight excluding hydrogens is 278 g/mol. The van der Waals surface area contributed by atoms with Gasteiger partial charge in [-0.2, -0.15) is 0 Å². The van der Waals surface area contributed by atoms with Crippen LogP contribution in [0.4, 0.5) is 0 Å². The number of ether oxygens (including phenoxy) is 1. The van der Waals surface area contributed by atoms with E-state index in [1.54, 1.807) is 24.3 Å². The van der Waals surface area contributed by atoms with Crippen LogP contribution < -0.4 is 4.74 Å². The van der Waals surface area contributed by atoms with Crippen molar-refractivity contribution in [3.8, 4) is 5.75 Å². The molecule has 0 saturated carbocycles. The third-order valence-electron chi connectivity index (χ3n) is 4.33. The highest BCUT2D eigenvalue weighted by Crippen LogP contribution is 2.17. The van der Waals surface area contributed by atoms with Crippen LogP contribution in [0.15, 0.2) is 24.3 Å². The summed E-state index contributed by atoms with van der Waals surface area (Å²) < 4.78 is 5.62. The SMILES string of the molecule is CCC(=O)c1ccc(OC[C@@H](O)CN2CCCC[C@H]2C)cc1. The van der Waals surface area contributed by atoms with Crippen LogP contribution in [0.3, 0.4) is 0 Å². The Bertz CT molecular complexity index is 472. The predicted octanol–water partition coefficient (Wildman–Crippen LogP) is 2.89. The van der Waals surface area contributed by atoms with Gasteiger partial charge >= 0.3 is 0 Å². The normalized spacial score (nSPS) is 20.6. The molecule has 1 aromatic rings. The summed E-state index contributed by atoms with van der Waals surface area (Å²) in [5.41, 5.74) is 0.706. The lowest BCUT2D eigenvalue weighted by molar-refractivity contribution is 0.0438. The molecule has 1 fully saturated rings. The second-order valence-electron chi connectivity index (χ2n) is 6.11. The van der Waals surface area contributed by atoms with Crippen LogP contribution in [0.2, 0.25) is 0 Å². The molecule has 22 heavy (non-hydrogen) atoms. The van der Waals surface area contributed by atoms with Crippen molar-refractivity contribution in [2.24, 2.45) is 0 Å². The minimum absolute atomic E-state index is 0.130. The summed E-state index contributed by atoms with van der Waals surface area (Å²) in [5.74, 6) is 0.823. The minimum atomic E-state index is -0.488.